The topological polar surface area (TPSA) is 134 Å². The molecule has 0 atom stereocenters. The lowest BCUT2D eigenvalue weighted by atomic mass is 10.0. The van der Waals surface area contributed by atoms with Crippen LogP contribution in [-0.2, 0) is 27.3 Å². The summed E-state index contributed by atoms with van der Waals surface area (Å²) in [5.74, 6) is -1.23. The molecule has 0 bridgehead atoms. The number of tetrazole rings is 1. The lowest BCUT2D eigenvalue weighted by Crippen LogP contribution is -2.51. The molecule has 2 heterocycles. The van der Waals surface area contributed by atoms with Gasteiger partial charge in [0.05, 0.1) is 25.3 Å². The fourth-order valence-electron chi connectivity index (χ4n) is 5.35. The summed E-state index contributed by atoms with van der Waals surface area (Å²) in [5, 5.41) is 21.1. The van der Waals surface area contributed by atoms with Gasteiger partial charge >= 0.3 is 12.0 Å². The molecule has 0 aliphatic carbocycles. The van der Waals surface area contributed by atoms with E-state index >= 15 is 0 Å². The lowest BCUT2D eigenvalue weighted by molar-refractivity contribution is -0.136. The molecule has 1 N–H and O–H groups in total. The molecular weight excluding hydrogens is 574 g/mol. The van der Waals surface area contributed by atoms with Crippen LogP contribution in [0, 0.1) is 0 Å². The van der Waals surface area contributed by atoms with Crippen molar-refractivity contribution in [3.63, 3.8) is 0 Å². The Labute approximate surface area is 261 Å². The van der Waals surface area contributed by atoms with Crippen LogP contribution in [0.3, 0.4) is 0 Å². The van der Waals surface area contributed by atoms with Crippen molar-refractivity contribution in [2.24, 2.45) is 0 Å². The normalized spacial score (nSPS) is 13.0. The minimum atomic E-state index is -1.01. The Hall–Kier alpha value is -5.10. The summed E-state index contributed by atoms with van der Waals surface area (Å²) in [4.78, 5) is 44.3. The van der Waals surface area contributed by atoms with Crippen LogP contribution >= 0.6 is 0 Å². The number of nitrogens with zero attached hydrogens (tertiary/aromatic N) is 7. The highest BCUT2D eigenvalue weighted by Gasteiger charge is 2.29. The van der Waals surface area contributed by atoms with Crippen LogP contribution in [0.25, 0.3) is 16.8 Å². The number of urea groups is 1. The van der Waals surface area contributed by atoms with Crippen LogP contribution in [0.4, 0.5) is 10.5 Å². The first-order valence-corrected chi connectivity index (χ1v) is 15.1. The number of carbonyl (C=O) groups excluding carboxylic acids is 2. The van der Waals surface area contributed by atoms with Crippen molar-refractivity contribution in [3.8, 4) is 16.8 Å². The van der Waals surface area contributed by atoms with Crippen molar-refractivity contribution >= 4 is 23.6 Å². The molecule has 1 aromatic heterocycles. The van der Waals surface area contributed by atoms with Gasteiger partial charge in [0.2, 0.25) is 5.91 Å². The Morgan fingerprint density at radius 1 is 0.956 bits per heavy atom. The van der Waals surface area contributed by atoms with E-state index in [9.17, 15) is 19.5 Å². The average Bonchev–Trinajstić information content (AvgIpc) is 3.61. The summed E-state index contributed by atoms with van der Waals surface area (Å²) in [5.41, 5.74) is 4.57. The standard InChI is InChI=1S/C33H37N7O5/c1-2-3-16-38(22-25-12-14-26(15-13-25)28-9-5-7-11-30(28)40-24-34-35-36-40)33(44)39(23-31(41)37-17-19-45-20-18-37)29-10-6-4-8-27(29)21-32(42)43/h4-15,24H,2-3,16-23H2,1H3,(H,42,43). The number of aromatic nitrogens is 4. The molecule has 1 fully saturated rings. The summed E-state index contributed by atoms with van der Waals surface area (Å²) in [7, 11) is 0. The Morgan fingerprint density at radius 3 is 2.40 bits per heavy atom. The van der Waals surface area contributed by atoms with E-state index in [4.69, 9.17) is 4.74 Å². The SMILES string of the molecule is CCCCN(Cc1ccc(-c2ccccc2-n2cnnn2)cc1)C(=O)N(CC(=O)N1CCOCC1)c1ccccc1CC(=O)O. The maximum absolute atomic E-state index is 14.4. The van der Waals surface area contributed by atoms with Crippen molar-refractivity contribution in [1.29, 1.82) is 0 Å². The van der Waals surface area contributed by atoms with E-state index in [1.54, 1.807) is 45.1 Å². The Balaban J connectivity index is 1.42. The molecule has 45 heavy (non-hydrogen) atoms. The van der Waals surface area contributed by atoms with E-state index < -0.39 is 5.97 Å². The third-order valence-electron chi connectivity index (χ3n) is 7.70. The highest BCUT2D eigenvalue weighted by atomic mass is 16.5. The van der Waals surface area contributed by atoms with Crippen LogP contribution in [0.5, 0.6) is 0 Å². The Bertz CT molecular complexity index is 1590. The first-order valence-electron chi connectivity index (χ1n) is 15.1. The van der Waals surface area contributed by atoms with E-state index in [2.05, 4.69) is 22.4 Å². The fourth-order valence-corrected chi connectivity index (χ4v) is 5.35. The second-order valence-electron chi connectivity index (χ2n) is 10.8. The highest BCUT2D eigenvalue weighted by Crippen LogP contribution is 2.28. The first-order chi connectivity index (χ1) is 21.9. The number of aliphatic carboxylic acids is 1. The molecule has 1 saturated heterocycles. The predicted octanol–water partition coefficient (Wildman–Crippen LogP) is 4.04. The summed E-state index contributed by atoms with van der Waals surface area (Å²) in [6, 6.07) is 22.3. The molecule has 3 amide bonds. The Kier molecular flexibility index (Phi) is 10.5. The molecule has 3 aromatic carbocycles. The number of amides is 3. The van der Waals surface area contributed by atoms with E-state index in [1.165, 1.54) is 4.90 Å². The number of hydrogen-bond acceptors (Lipinski definition) is 7. The largest absolute Gasteiger partial charge is 0.481 e. The number of hydrogen-bond donors (Lipinski definition) is 1. The first kappa shape index (κ1) is 31.3. The molecule has 0 radical (unpaired) electrons. The molecule has 12 heteroatoms. The van der Waals surface area contributed by atoms with Crippen LogP contribution in [-0.4, -0.2) is 92.4 Å². The molecular formula is C33H37N7O5. The second-order valence-corrected chi connectivity index (χ2v) is 10.8. The number of para-hydroxylation sites is 2. The zero-order chi connectivity index (χ0) is 31.6. The summed E-state index contributed by atoms with van der Waals surface area (Å²) in [6.07, 6.45) is 2.92. The molecule has 0 spiro atoms. The number of anilines is 1. The molecule has 234 valence electrons. The minimum absolute atomic E-state index is 0.203. The van der Waals surface area contributed by atoms with Gasteiger partial charge in [0.1, 0.15) is 12.9 Å². The van der Waals surface area contributed by atoms with Crippen molar-refractivity contribution in [2.45, 2.75) is 32.7 Å². The summed E-state index contributed by atoms with van der Waals surface area (Å²) in [6.45, 7) is 4.41. The third-order valence-corrected chi connectivity index (χ3v) is 7.70. The monoisotopic (exact) mass is 611 g/mol. The molecule has 4 aromatic rings. The fraction of sp³-hybridized carbons (Fsp3) is 0.333. The van der Waals surface area contributed by atoms with Gasteiger partial charge in [0.15, 0.2) is 0 Å². The second kappa shape index (κ2) is 15.1. The zero-order valence-corrected chi connectivity index (χ0v) is 25.3. The number of unbranched alkanes of at least 4 members (excludes halogenated alkanes) is 1. The van der Waals surface area contributed by atoms with Gasteiger partial charge in [-0.25, -0.2) is 4.79 Å². The van der Waals surface area contributed by atoms with Crippen molar-refractivity contribution in [2.75, 3.05) is 44.3 Å². The molecule has 0 saturated carbocycles. The number of benzene rings is 3. The molecule has 1 aliphatic heterocycles. The highest BCUT2D eigenvalue weighted by molar-refractivity contribution is 5.99. The van der Waals surface area contributed by atoms with Crippen LogP contribution < -0.4 is 4.90 Å². The molecule has 5 rings (SSSR count). The quantitative estimate of drug-likeness (QED) is 0.254. The number of morpholine rings is 1. The number of carboxylic acids is 1. The summed E-state index contributed by atoms with van der Waals surface area (Å²) < 4.78 is 7.02. The van der Waals surface area contributed by atoms with Crippen LogP contribution in [0.15, 0.2) is 79.1 Å². The predicted molar refractivity (Wildman–Crippen MR) is 168 cm³/mol. The lowest BCUT2D eigenvalue weighted by Gasteiger charge is -2.34. The summed E-state index contributed by atoms with van der Waals surface area (Å²) >= 11 is 0. The van der Waals surface area contributed by atoms with Gasteiger partial charge in [-0.15, -0.1) is 5.10 Å². The van der Waals surface area contributed by atoms with Gasteiger partial charge in [-0.2, -0.15) is 4.68 Å². The van der Waals surface area contributed by atoms with Gasteiger partial charge in [-0.3, -0.25) is 14.5 Å². The van der Waals surface area contributed by atoms with Gasteiger partial charge in [0, 0.05) is 37.4 Å². The van der Waals surface area contributed by atoms with E-state index in [0.29, 0.717) is 50.6 Å². The molecule has 12 nitrogen and oxygen atoms in total. The van der Waals surface area contributed by atoms with E-state index in [-0.39, 0.29) is 24.9 Å². The number of ether oxygens (including phenoxy) is 1. The van der Waals surface area contributed by atoms with Gasteiger partial charge in [0.25, 0.3) is 0 Å². The number of carbonyl (C=O) groups is 3. The minimum Gasteiger partial charge on any atom is -0.481 e. The maximum Gasteiger partial charge on any atom is 0.325 e. The third kappa shape index (κ3) is 7.90. The zero-order valence-electron chi connectivity index (χ0n) is 25.3. The van der Waals surface area contributed by atoms with Gasteiger partial charge in [-0.05, 0) is 45.7 Å². The van der Waals surface area contributed by atoms with Gasteiger partial charge < -0.3 is 19.6 Å². The Morgan fingerprint density at radius 2 is 1.69 bits per heavy atom. The average molecular weight is 612 g/mol. The van der Waals surface area contributed by atoms with Crippen LogP contribution in [0.2, 0.25) is 0 Å². The van der Waals surface area contributed by atoms with Crippen molar-refractivity contribution in [3.05, 3.63) is 90.3 Å². The van der Waals surface area contributed by atoms with Gasteiger partial charge in [-0.1, -0.05) is 74.0 Å². The number of rotatable bonds is 12. The maximum atomic E-state index is 14.4. The van der Waals surface area contributed by atoms with E-state index in [0.717, 1.165) is 35.2 Å². The van der Waals surface area contributed by atoms with Crippen molar-refractivity contribution < 1.29 is 24.2 Å². The van der Waals surface area contributed by atoms with E-state index in [1.807, 2.05) is 48.5 Å². The van der Waals surface area contributed by atoms with Crippen LogP contribution in [0.1, 0.15) is 30.9 Å². The van der Waals surface area contributed by atoms with Crippen molar-refractivity contribution in [1.82, 2.24) is 30.0 Å². The molecule has 1 aliphatic rings. The molecule has 0 unspecified atom stereocenters. The number of carboxylic acid groups (broad SMARTS) is 1. The smallest absolute Gasteiger partial charge is 0.325 e.